The van der Waals surface area contributed by atoms with Gasteiger partial charge in [-0.05, 0) is 42.3 Å². The van der Waals surface area contributed by atoms with Crippen LogP contribution in [0, 0.1) is 0 Å². The summed E-state index contributed by atoms with van der Waals surface area (Å²) in [5.41, 5.74) is 1.51. The number of rotatable bonds is 8. The highest BCUT2D eigenvalue weighted by molar-refractivity contribution is 7.92. The van der Waals surface area contributed by atoms with Crippen LogP contribution in [0.25, 0.3) is 0 Å². The first-order chi connectivity index (χ1) is 14.4. The summed E-state index contributed by atoms with van der Waals surface area (Å²) in [7, 11) is -2.51. The summed E-state index contributed by atoms with van der Waals surface area (Å²) >= 11 is 6.05. The van der Waals surface area contributed by atoms with Gasteiger partial charge in [0.2, 0.25) is 0 Å². The lowest BCUT2D eigenvalue weighted by molar-refractivity contribution is 0.0955. The van der Waals surface area contributed by atoms with Crippen molar-refractivity contribution in [3.8, 4) is 5.75 Å². The van der Waals surface area contributed by atoms with Gasteiger partial charge in [0.25, 0.3) is 15.9 Å². The van der Waals surface area contributed by atoms with Gasteiger partial charge < -0.3 is 10.1 Å². The standard InChI is InChI=1S/C22H21ClN2O4S/c1-29-21-12-11-17(15-19(21)23)30(27,28)25-20-10-6-5-9-18(20)22(26)24-14-13-16-7-3-2-4-8-16/h2-12,15,25H,13-14H2,1H3,(H,24,26). The third-order valence-electron chi connectivity index (χ3n) is 4.39. The predicted molar refractivity (Wildman–Crippen MR) is 118 cm³/mol. The van der Waals surface area contributed by atoms with Crippen molar-refractivity contribution in [2.75, 3.05) is 18.4 Å². The van der Waals surface area contributed by atoms with Crippen LogP contribution >= 0.6 is 11.6 Å². The molecule has 3 aromatic rings. The number of benzene rings is 3. The SMILES string of the molecule is COc1ccc(S(=O)(=O)Nc2ccccc2C(=O)NCCc2ccccc2)cc1Cl. The minimum Gasteiger partial charge on any atom is -0.495 e. The van der Waals surface area contributed by atoms with Crippen molar-refractivity contribution in [2.24, 2.45) is 0 Å². The summed E-state index contributed by atoms with van der Waals surface area (Å²) in [6, 6.07) is 20.3. The van der Waals surface area contributed by atoms with Crippen LogP contribution in [-0.4, -0.2) is 28.0 Å². The second kappa shape index (κ2) is 9.65. The highest BCUT2D eigenvalue weighted by Crippen LogP contribution is 2.28. The number of sulfonamides is 1. The normalized spacial score (nSPS) is 11.0. The van der Waals surface area contributed by atoms with Gasteiger partial charge in [0.05, 0.1) is 28.3 Å². The van der Waals surface area contributed by atoms with E-state index in [2.05, 4.69) is 10.0 Å². The molecule has 0 heterocycles. The maximum atomic E-state index is 12.8. The zero-order chi connectivity index (χ0) is 21.6. The largest absolute Gasteiger partial charge is 0.495 e. The molecule has 0 radical (unpaired) electrons. The van der Waals surface area contributed by atoms with Crippen LogP contribution in [-0.2, 0) is 16.4 Å². The molecular weight excluding hydrogens is 424 g/mol. The van der Waals surface area contributed by atoms with Crippen molar-refractivity contribution in [2.45, 2.75) is 11.3 Å². The van der Waals surface area contributed by atoms with Gasteiger partial charge in [-0.3, -0.25) is 9.52 Å². The molecule has 0 aromatic heterocycles. The molecule has 156 valence electrons. The van der Waals surface area contributed by atoms with Crippen LogP contribution < -0.4 is 14.8 Å². The quantitative estimate of drug-likeness (QED) is 0.547. The van der Waals surface area contributed by atoms with Crippen LogP contribution in [0.4, 0.5) is 5.69 Å². The maximum absolute atomic E-state index is 12.8. The van der Waals surface area contributed by atoms with Gasteiger partial charge in [-0.1, -0.05) is 54.1 Å². The molecule has 0 saturated carbocycles. The molecule has 0 aliphatic rings. The minimum atomic E-state index is -3.95. The fraction of sp³-hybridized carbons (Fsp3) is 0.136. The number of methoxy groups -OCH3 is 1. The zero-order valence-electron chi connectivity index (χ0n) is 16.3. The Kier molecular flexibility index (Phi) is 6.97. The molecule has 0 aliphatic carbocycles. The van der Waals surface area contributed by atoms with Gasteiger partial charge in [0, 0.05) is 6.54 Å². The summed E-state index contributed by atoms with van der Waals surface area (Å²) in [4.78, 5) is 12.6. The number of anilines is 1. The second-order valence-corrected chi connectivity index (χ2v) is 8.53. The number of ether oxygens (including phenoxy) is 1. The van der Waals surface area contributed by atoms with Crippen molar-refractivity contribution in [1.29, 1.82) is 0 Å². The van der Waals surface area contributed by atoms with Crippen molar-refractivity contribution in [3.63, 3.8) is 0 Å². The number of hydrogen-bond acceptors (Lipinski definition) is 4. The maximum Gasteiger partial charge on any atom is 0.261 e. The van der Waals surface area contributed by atoms with Crippen LogP contribution in [0.15, 0.2) is 77.7 Å². The summed E-state index contributed by atoms with van der Waals surface area (Å²) in [6.07, 6.45) is 0.671. The van der Waals surface area contributed by atoms with Crippen molar-refractivity contribution in [1.82, 2.24) is 5.32 Å². The molecule has 0 spiro atoms. The molecule has 8 heteroatoms. The van der Waals surface area contributed by atoms with Gasteiger partial charge in [0.1, 0.15) is 5.75 Å². The first kappa shape index (κ1) is 21.7. The van der Waals surface area contributed by atoms with E-state index >= 15 is 0 Å². The van der Waals surface area contributed by atoms with E-state index in [0.29, 0.717) is 18.7 Å². The lowest BCUT2D eigenvalue weighted by Gasteiger charge is -2.13. The molecule has 6 nitrogen and oxygen atoms in total. The van der Waals surface area contributed by atoms with E-state index < -0.39 is 10.0 Å². The summed E-state index contributed by atoms with van der Waals surface area (Å²) in [6.45, 7) is 0.429. The Labute approximate surface area is 180 Å². The molecule has 0 bridgehead atoms. The number of carbonyl (C=O) groups is 1. The molecule has 0 aliphatic heterocycles. The fourth-order valence-corrected chi connectivity index (χ4v) is 4.28. The van der Waals surface area contributed by atoms with Crippen LogP contribution in [0.2, 0.25) is 5.02 Å². The third-order valence-corrected chi connectivity index (χ3v) is 6.05. The molecule has 30 heavy (non-hydrogen) atoms. The van der Waals surface area contributed by atoms with E-state index in [9.17, 15) is 13.2 Å². The van der Waals surface area contributed by atoms with Crippen molar-refractivity contribution < 1.29 is 17.9 Å². The Bertz CT molecular complexity index is 1130. The minimum absolute atomic E-state index is 0.0346. The average Bonchev–Trinajstić information content (AvgIpc) is 2.74. The topological polar surface area (TPSA) is 84.5 Å². The second-order valence-electron chi connectivity index (χ2n) is 6.44. The van der Waals surface area contributed by atoms with Gasteiger partial charge in [-0.25, -0.2) is 8.42 Å². The Hall–Kier alpha value is -3.03. The number of amides is 1. The van der Waals surface area contributed by atoms with E-state index in [0.717, 1.165) is 5.56 Å². The van der Waals surface area contributed by atoms with E-state index in [4.69, 9.17) is 16.3 Å². The van der Waals surface area contributed by atoms with Gasteiger partial charge >= 0.3 is 0 Å². The van der Waals surface area contributed by atoms with Gasteiger partial charge in [0.15, 0.2) is 0 Å². The zero-order valence-corrected chi connectivity index (χ0v) is 17.8. The number of nitrogens with one attached hydrogen (secondary N) is 2. The predicted octanol–water partition coefficient (Wildman–Crippen LogP) is 4.12. The first-order valence-corrected chi connectivity index (χ1v) is 11.0. The van der Waals surface area contributed by atoms with E-state index in [1.54, 1.807) is 18.2 Å². The molecule has 0 fully saturated rings. The average molecular weight is 445 g/mol. The Morgan fingerprint density at radius 2 is 1.70 bits per heavy atom. The highest BCUT2D eigenvalue weighted by atomic mass is 35.5. The highest BCUT2D eigenvalue weighted by Gasteiger charge is 2.19. The summed E-state index contributed by atoms with van der Waals surface area (Å²) in [5, 5.41) is 3.00. The lowest BCUT2D eigenvalue weighted by Crippen LogP contribution is -2.27. The van der Waals surface area contributed by atoms with E-state index in [1.165, 1.54) is 31.4 Å². The van der Waals surface area contributed by atoms with Crippen molar-refractivity contribution in [3.05, 3.63) is 88.9 Å². The molecule has 1 amide bonds. The monoisotopic (exact) mass is 444 g/mol. The molecule has 0 saturated heterocycles. The number of carbonyl (C=O) groups excluding carboxylic acids is 1. The lowest BCUT2D eigenvalue weighted by atomic mass is 10.1. The summed E-state index contributed by atoms with van der Waals surface area (Å²) in [5.74, 6) is 0.00538. The molecule has 0 unspecified atom stereocenters. The third kappa shape index (κ3) is 5.31. The smallest absolute Gasteiger partial charge is 0.261 e. The Morgan fingerprint density at radius 1 is 1.00 bits per heavy atom. The van der Waals surface area contributed by atoms with Crippen molar-refractivity contribution >= 4 is 33.2 Å². The number of hydrogen-bond donors (Lipinski definition) is 2. The van der Waals surface area contributed by atoms with Gasteiger partial charge in [-0.15, -0.1) is 0 Å². The van der Waals surface area contributed by atoms with Crippen LogP contribution in [0.1, 0.15) is 15.9 Å². The first-order valence-electron chi connectivity index (χ1n) is 9.18. The molecule has 0 atom stereocenters. The molecule has 3 aromatic carbocycles. The summed E-state index contributed by atoms with van der Waals surface area (Å²) < 4.78 is 33.1. The Balaban J connectivity index is 1.74. The van der Waals surface area contributed by atoms with Crippen LogP contribution in [0.5, 0.6) is 5.75 Å². The number of halogens is 1. The molecule has 3 rings (SSSR count). The van der Waals surface area contributed by atoms with Crippen LogP contribution in [0.3, 0.4) is 0 Å². The fourth-order valence-electron chi connectivity index (χ4n) is 2.85. The Morgan fingerprint density at radius 3 is 2.40 bits per heavy atom. The number of para-hydroxylation sites is 1. The molecular formula is C22H21ClN2O4S. The van der Waals surface area contributed by atoms with E-state index in [-0.39, 0.29) is 27.1 Å². The molecule has 2 N–H and O–H groups in total. The van der Waals surface area contributed by atoms with E-state index in [1.807, 2.05) is 30.3 Å². The van der Waals surface area contributed by atoms with Gasteiger partial charge in [-0.2, -0.15) is 0 Å².